The van der Waals surface area contributed by atoms with Crippen LogP contribution in [0, 0.1) is 22.7 Å². The van der Waals surface area contributed by atoms with Crippen LogP contribution in [0.5, 0.6) is 0 Å². The van der Waals surface area contributed by atoms with E-state index in [9.17, 15) is 10.1 Å². The van der Waals surface area contributed by atoms with E-state index in [1.165, 1.54) is 0 Å². The van der Waals surface area contributed by atoms with Gasteiger partial charge in [-0.2, -0.15) is 5.26 Å². The van der Waals surface area contributed by atoms with E-state index in [1.807, 2.05) is 24.3 Å². The van der Waals surface area contributed by atoms with E-state index in [-0.39, 0.29) is 5.91 Å². The van der Waals surface area contributed by atoms with Crippen molar-refractivity contribution < 1.29 is 4.79 Å². The van der Waals surface area contributed by atoms with Gasteiger partial charge in [0.25, 0.3) is 5.91 Å². The molecule has 0 aliphatic carbocycles. The largest absolute Gasteiger partial charge is 0.373 e. The number of fused-ring (bicyclic) bond motifs is 1. The number of para-hydroxylation sites is 1. The standard InChI is InChI=1S/C17H19N3O/c1-17(2)7-9-20(10-8-17)15-12-5-3-4-6-14(12)19-16(21)13(15)11-18/h3-6,13H,7-10H2,1-2H3. The van der Waals surface area contributed by atoms with E-state index in [2.05, 4.69) is 29.8 Å². The molecule has 4 heteroatoms. The van der Waals surface area contributed by atoms with Crippen LogP contribution in [0.25, 0.3) is 5.70 Å². The fourth-order valence-electron chi connectivity index (χ4n) is 3.07. The molecule has 1 aromatic rings. The summed E-state index contributed by atoms with van der Waals surface area (Å²) in [6.45, 7) is 6.32. The van der Waals surface area contributed by atoms with Crippen molar-refractivity contribution in [2.45, 2.75) is 26.7 Å². The molecule has 0 radical (unpaired) electrons. The van der Waals surface area contributed by atoms with Crippen molar-refractivity contribution in [3.05, 3.63) is 34.8 Å². The first-order chi connectivity index (χ1) is 10.0. The minimum Gasteiger partial charge on any atom is -0.373 e. The summed E-state index contributed by atoms with van der Waals surface area (Å²) in [6, 6.07) is 9.76. The Bertz CT molecular complexity index is 732. The number of likely N-dealkylation sites (tertiary alicyclic amines) is 1. The number of piperidine rings is 1. The number of amides is 1. The molecule has 0 bridgehead atoms. The van der Waals surface area contributed by atoms with Crippen molar-refractivity contribution in [2.24, 2.45) is 16.3 Å². The number of carbonyl (C=O) groups is 1. The zero-order chi connectivity index (χ0) is 15.0. The molecule has 108 valence electrons. The Morgan fingerprint density at radius 1 is 1.29 bits per heavy atom. The zero-order valence-corrected chi connectivity index (χ0v) is 12.5. The first-order valence-electron chi connectivity index (χ1n) is 7.38. The molecule has 21 heavy (non-hydrogen) atoms. The molecule has 1 aromatic carbocycles. The van der Waals surface area contributed by atoms with E-state index in [4.69, 9.17) is 0 Å². The van der Waals surface area contributed by atoms with E-state index < -0.39 is 5.92 Å². The summed E-state index contributed by atoms with van der Waals surface area (Å²) in [5.74, 6) is -1.10. The number of rotatable bonds is 1. The molecule has 0 spiro atoms. The van der Waals surface area contributed by atoms with Gasteiger partial charge in [0, 0.05) is 18.3 Å². The summed E-state index contributed by atoms with van der Waals surface area (Å²) < 4.78 is 0. The SMILES string of the molecule is CC1(C)CCN(C2=c3ccccc3=NC(=O)C2C#N)CC1. The maximum Gasteiger partial charge on any atom is 0.269 e. The van der Waals surface area contributed by atoms with Crippen molar-refractivity contribution in [3.8, 4) is 6.07 Å². The molecule has 0 aromatic heterocycles. The quantitative estimate of drug-likeness (QED) is 0.777. The molecule has 0 N–H and O–H groups in total. The lowest BCUT2D eigenvalue weighted by Crippen LogP contribution is -2.46. The maximum absolute atomic E-state index is 12.1. The van der Waals surface area contributed by atoms with Gasteiger partial charge in [0.1, 0.15) is 0 Å². The Morgan fingerprint density at radius 3 is 2.62 bits per heavy atom. The fourth-order valence-corrected chi connectivity index (χ4v) is 3.07. The first-order valence-corrected chi connectivity index (χ1v) is 7.38. The van der Waals surface area contributed by atoms with Crippen LogP contribution < -0.4 is 10.6 Å². The molecule has 0 saturated carbocycles. The molecule has 1 unspecified atom stereocenters. The summed E-state index contributed by atoms with van der Waals surface area (Å²) in [5, 5.41) is 11.0. The van der Waals surface area contributed by atoms with Gasteiger partial charge in [0.2, 0.25) is 0 Å². The molecule has 2 heterocycles. The molecule has 1 saturated heterocycles. The molecule has 1 atom stereocenters. The zero-order valence-electron chi connectivity index (χ0n) is 12.5. The molecule has 4 nitrogen and oxygen atoms in total. The number of nitriles is 1. The van der Waals surface area contributed by atoms with Crippen LogP contribution in [0.1, 0.15) is 26.7 Å². The smallest absolute Gasteiger partial charge is 0.269 e. The van der Waals surface area contributed by atoms with Crippen molar-refractivity contribution in [1.82, 2.24) is 4.90 Å². The van der Waals surface area contributed by atoms with Crippen molar-refractivity contribution in [2.75, 3.05) is 13.1 Å². The third kappa shape index (κ3) is 2.44. The highest BCUT2D eigenvalue weighted by atomic mass is 16.1. The number of nitrogens with zero attached hydrogens (tertiary/aromatic N) is 3. The van der Waals surface area contributed by atoms with Crippen LogP contribution >= 0.6 is 0 Å². The van der Waals surface area contributed by atoms with Crippen LogP contribution in [0.2, 0.25) is 0 Å². The molecule has 3 rings (SSSR count). The van der Waals surface area contributed by atoms with Gasteiger partial charge in [0.15, 0.2) is 5.92 Å². The first kappa shape index (κ1) is 13.8. The Morgan fingerprint density at radius 2 is 1.95 bits per heavy atom. The van der Waals surface area contributed by atoms with Gasteiger partial charge in [-0.3, -0.25) is 4.79 Å². The van der Waals surface area contributed by atoms with Gasteiger partial charge in [-0.25, -0.2) is 4.99 Å². The molecular formula is C17H19N3O. The highest BCUT2D eigenvalue weighted by Crippen LogP contribution is 2.33. The topological polar surface area (TPSA) is 56.5 Å². The second kappa shape index (κ2) is 5.00. The fraction of sp³-hybridized carbons (Fsp3) is 0.471. The summed E-state index contributed by atoms with van der Waals surface area (Å²) in [6.07, 6.45) is 2.14. The summed E-state index contributed by atoms with van der Waals surface area (Å²) >= 11 is 0. The number of carbonyl (C=O) groups excluding carboxylic acids is 1. The second-order valence-electron chi connectivity index (χ2n) is 6.57. The average molecular weight is 281 g/mol. The summed E-state index contributed by atoms with van der Waals surface area (Å²) in [7, 11) is 0. The molecule has 1 fully saturated rings. The van der Waals surface area contributed by atoms with Gasteiger partial charge >= 0.3 is 0 Å². The van der Waals surface area contributed by atoms with Crippen LogP contribution in [0.4, 0.5) is 0 Å². The highest BCUT2D eigenvalue weighted by Gasteiger charge is 2.34. The van der Waals surface area contributed by atoms with Crippen LogP contribution in [-0.4, -0.2) is 23.9 Å². The summed E-state index contributed by atoms with van der Waals surface area (Å²) in [5.41, 5.74) is 1.19. The van der Waals surface area contributed by atoms with Gasteiger partial charge < -0.3 is 4.90 Å². The molecule has 2 aliphatic heterocycles. The van der Waals surface area contributed by atoms with Crippen molar-refractivity contribution in [3.63, 3.8) is 0 Å². The maximum atomic E-state index is 12.1. The molecule has 2 aliphatic rings. The van der Waals surface area contributed by atoms with Gasteiger partial charge in [-0.15, -0.1) is 0 Å². The molecular weight excluding hydrogens is 262 g/mol. The Balaban J connectivity index is 2.12. The van der Waals surface area contributed by atoms with E-state index in [0.717, 1.165) is 36.8 Å². The van der Waals surface area contributed by atoms with Gasteiger partial charge in [-0.05, 0) is 24.3 Å². The third-order valence-electron chi connectivity index (χ3n) is 4.52. The lowest BCUT2D eigenvalue weighted by molar-refractivity contribution is -0.119. The monoisotopic (exact) mass is 281 g/mol. The third-order valence-corrected chi connectivity index (χ3v) is 4.52. The Hall–Kier alpha value is -2.15. The van der Waals surface area contributed by atoms with E-state index >= 15 is 0 Å². The normalized spacial score (nSPS) is 24.0. The Kier molecular flexibility index (Phi) is 3.29. The highest BCUT2D eigenvalue weighted by molar-refractivity contribution is 5.92. The number of hydrogen-bond donors (Lipinski definition) is 0. The Labute approximate surface area is 124 Å². The second-order valence-corrected chi connectivity index (χ2v) is 6.57. The van der Waals surface area contributed by atoms with E-state index in [0.29, 0.717) is 10.8 Å². The minimum absolute atomic E-state index is 0.335. The van der Waals surface area contributed by atoms with Gasteiger partial charge in [-0.1, -0.05) is 32.0 Å². The number of benzene rings is 1. The predicted octanol–water partition coefficient (Wildman–Crippen LogP) is 1.22. The predicted molar refractivity (Wildman–Crippen MR) is 79.3 cm³/mol. The minimum atomic E-state index is -0.763. The van der Waals surface area contributed by atoms with Crippen LogP contribution in [0.15, 0.2) is 29.3 Å². The lowest BCUT2D eigenvalue weighted by Gasteiger charge is -2.40. The number of hydrogen-bond acceptors (Lipinski definition) is 3. The molecule has 1 amide bonds. The average Bonchev–Trinajstić information content (AvgIpc) is 2.46. The lowest BCUT2D eigenvalue weighted by atomic mass is 9.82. The van der Waals surface area contributed by atoms with Crippen LogP contribution in [-0.2, 0) is 4.79 Å². The van der Waals surface area contributed by atoms with Gasteiger partial charge in [0.05, 0.1) is 17.1 Å². The van der Waals surface area contributed by atoms with Crippen molar-refractivity contribution >= 4 is 11.6 Å². The van der Waals surface area contributed by atoms with E-state index in [1.54, 1.807) is 0 Å². The van der Waals surface area contributed by atoms with Crippen LogP contribution in [0.3, 0.4) is 0 Å². The summed E-state index contributed by atoms with van der Waals surface area (Å²) in [4.78, 5) is 18.4. The van der Waals surface area contributed by atoms with Crippen molar-refractivity contribution in [1.29, 1.82) is 5.26 Å².